The third-order valence-corrected chi connectivity index (χ3v) is 3.05. The number of hydrogen-bond donors (Lipinski definition) is 0. The second-order valence-corrected chi connectivity index (χ2v) is 4.37. The summed E-state index contributed by atoms with van der Waals surface area (Å²) in [5.74, 6) is 0. The minimum Gasteiger partial charge on any atom is -0.344 e. The Morgan fingerprint density at radius 2 is 2.20 bits per heavy atom. The van der Waals surface area contributed by atoms with Gasteiger partial charge in [-0.25, -0.2) is 0 Å². The van der Waals surface area contributed by atoms with Gasteiger partial charge in [-0.3, -0.25) is 0 Å². The van der Waals surface area contributed by atoms with Gasteiger partial charge in [0.2, 0.25) is 0 Å². The largest absolute Gasteiger partial charge is 0.344 e. The van der Waals surface area contributed by atoms with E-state index in [1.165, 1.54) is 10.9 Å². The van der Waals surface area contributed by atoms with Crippen LogP contribution < -0.4 is 0 Å². The summed E-state index contributed by atoms with van der Waals surface area (Å²) in [6, 6.07) is 8.26. The van der Waals surface area contributed by atoms with Gasteiger partial charge in [-0.1, -0.05) is 22.0 Å². The predicted octanol–water partition coefficient (Wildman–Crippen LogP) is 3.17. The lowest BCUT2D eigenvalue weighted by Crippen LogP contribution is -2.00. The SMILES string of the molecule is CCn1c(CC=O)cc2ccc(Br)cc21. The number of aryl methyl sites for hydroxylation is 1. The molecule has 2 nitrogen and oxygen atoms in total. The molecule has 0 spiro atoms. The van der Waals surface area contributed by atoms with E-state index in [2.05, 4.69) is 45.6 Å². The summed E-state index contributed by atoms with van der Waals surface area (Å²) in [4.78, 5) is 10.6. The van der Waals surface area contributed by atoms with Crippen molar-refractivity contribution in [1.82, 2.24) is 4.57 Å². The zero-order valence-electron chi connectivity index (χ0n) is 8.53. The molecule has 0 unspecified atom stereocenters. The molecule has 0 saturated carbocycles. The first-order valence-electron chi connectivity index (χ1n) is 4.97. The van der Waals surface area contributed by atoms with Gasteiger partial charge in [0.1, 0.15) is 6.29 Å². The van der Waals surface area contributed by atoms with Gasteiger partial charge < -0.3 is 9.36 Å². The van der Waals surface area contributed by atoms with Crippen LogP contribution >= 0.6 is 15.9 Å². The number of halogens is 1. The van der Waals surface area contributed by atoms with E-state index in [4.69, 9.17) is 0 Å². The van der Waals surface area contributed by atoms with E-state index in [0.29, 0.717) is 6.42 Å². The van der Waals surface area contributed by atoms with Gasteiger partial charge in [0.15, 0.2) is 0 Å². The van der Waals surface area contributed by atoms with Gasteiger partial charge in [-0.05, 0) is 30.5 Å². The number of nitrogens with zero attached hydrogens (tertiary/aromatic N) is 1. The average molecular weight is 266 g/mol. The Bertz CT molecular complexity index is 502. The third kappa shape index (κ3) is 1.84. The summed E-state index contributed by atoms with van der Waals surface area (Å²) >= 11 is 3.46. The minimum absolute atomic E-state index is 0.486. The first-order chi connectivity index (χ1) is 7.26. The molecule has 0 fully saturated rings. The van der Waals surface area contributed by atoms with Gasteiger partial charge >= 0.3 is 0 Å². The molecule has 2 aromatic rings. The summed E-state index contributed by atoms with van der Waals surface area (Å²) in [6.07, 6.45) is 1.44. The number of aldehydes is 1. The maximum absolute atomic E-state index is 10.6. The van der Waals surface area contributed by atoms with Crippen molar-refractivity contribution in [3.05, 3.63) is 34.4 Å². The Labute approximate surface area is 97.0 Å². The minimum atomic E-state index is 0.486. The van der Waals surface area contributed by atoms with Crippen LogP contribution in [-0.4, -0.2) is 10.9 Å². The van der Waals surface area contributed by atoms with Crippen molar-refractivity contribution in [2.24, 2.45) is 0 Å². The molecule has 78 valence electrons. The highest BCUT2D eigenvalue weighted by Gasteiger charge is 2.06. The zero-order valence-corrected chi connectivity index (χ0v) is 10.1. The van der Waals surface area contributed by atoms with E-state index in [-0.39, 0.29) is 0 Å². The third-order valence-electron chi connectivity index (χ3n) is 2.56. The first kappa shape index (κ1) is 10.4. The van der Waals surface area contributed by atoms with Crippen molar-refractivity contribution in [2.45, 2.75) is 19.9 Å². The summed E-state index contributed by atoms with van der Waals surface area (Å²) in [7, 11) is 0. The van der Waals surface area contributed by atoms with Crippen molar-refractivity contribution < 1.29 is 4.79 Å². The standard InChI is InChI=1S/C12H12BrNO/c1-2-14-11(5-6-15)7-9-3-4-10(13)8-12(9)14/h3-4,6-8H,2,5H2,1H3. The predicted molar refractivity (Wildman–Crippen MR) is 65.1 cm³/mol. The molecule has 0 atom stereocenters. The van der Waals surface area contributed by atoms with Crippen LogP contribution in [0.2, 0.25) is 0 Å². The zero-order chi connectivity index (χ0) is 10.8. The Hall–Kier alpha value is -1.09. The van der Waals surface area contributed by atoms with Gasteiger partial charge in [0.05, 0.1) is 0 Å². The van der Waals surface area contributed by atoms with Crippen molar-refractivity contribution in [3.8, 4) is 0 Å². The first-order valence-corrected chi connectivity index (χ1v) is 5.77. The molecular formula is C12H12BrNO. The van der Waals surface area contributed by atoms with E-state index in [1.54, 1.807) is 0 Å². The normalized spacial score (nSPS) is 10.8. The van der Waals surface area contributed by atoms with Crippen LogP contribution in [0.25, 0.3) is 10.9 Å². The number of fused-ring (bicyclic) bond motifs is 1. The van der Waals surface area contributed by atoms with Crippen molar-refractivity contribution in [2.75, 3.05) is 0 Å². The molecule has 3 heteroatoms. The second-order valence-electron chi connectivity index (χ2n) is 3.45. The number of aromatic nitrogens is 1. The quantitative estimate of drug-likeness (QED) is 0.782. The molecule has 0 N–H and O–H groups in total. The van der Waals surface area contributed by atoms with E-state index < -0.39 is 0 Å². The fraction of sp³-hybridized carbons (Fsp3) is 0.250. The number of hydrogen-bond acceptors (Lipinski definition) is 1. The molecule has 0 aliphatic carbocycles. The van der Waals surface area contributed by atoms with E-state index in [9.17, 15) is 4.79 Å². The molecule has 0 aliphatic rings. The molecule has 1 aromatic carbocycles. The van der Waals surface area contributed by atoms with Gasteiger partial charge in [0, 0.05) is 28.6 Å². The second kappa shape index (κ2) is 4.19. The van der Waals surface area contributed by atoms with Gasteiger partial charge in [-0.2, -0.15) is 0 Å². The number of carbonyl (C=O) groups is 1. The van der Waals surface area contributed by atoms with Gasteiger partial charge in [0.25, 0.3) is 0 Å². The van der Waals surface area contributed by atoms with Gasteiger partial charge in [-0.15, -0.1) is 0 Å². The Kier molecular flexibility index (Phi) is 2.91. The monoisotopic (exact) mass is 265 g/mol. The summed E-state index contributed by atoms with van der Waals surface area (Å²) < 4.78 is 3.24. The maximum Gasteiger partial charge on any atom is 0.125 e. The van der Waals surface area contributed by atoms with Crippen LogP contribution in [0.3, 0.4) is 0 Å². The molecule has 0 amide bonds. The lowest BCUT2D eigenvalue weighted by molar-refractivity contribution is -0.107. The smallest absolute Gasteiger partial charge is 0.125 e. The molecule has 0 saturated heterocycles. The van der Waals surface area contributed by atoms with Crippen molar-refractivity contribution in [1.29, 1.82) is 0 Å². The molecule has 1 aromatic heterocycles. The Morgan fingerprint density at radius 3 is 2.87 bits per heavy atom. The van der Waals surface area contributed by atoms with Crippen LogP contribution in [-0.2, 0) is 17.8 Å². The molecule has 0 aliphatic heterocycles. The van der Waals surface area contributed by atoms with Crippen molar-refractivity contribution >= 4 is 33.1 Å². The van der Waals surface area contributed by atoms with Crippen LogP contribution in [0.15, 0.2) is 28.7 Å². The molecule has 0 radical (unpaired) electrons. The molecular weight excluding hydrogens is 254 g/mol. The average Bonchev–Trinajstić information content (AvgIpc) is 2.55. The fourth-order valence-corrected chi connectivity index (χ4v) is 2.26. The number of benzene rings is 1. The lowest BCUT2D eigenvalue weighted by Gasteiger charge is -2.05. The number of rotatable bonds is 3. The summed E-state index contributed by atoms with van der Waals surface area (Å²) in [5, 5.41) is 1.19. The van der Waals surface area contributed by atoms with Crippen LogP contribution in [0.4, 0.5) is 0 Å². The van der Waals surface area contributed by atoms with Crippen LogP contribution in [0, 0.1) is 0 Å². The van der Waals surface area contributed by atoms with Crippen molar-refractivity contribution in [3.63, 3.8) is 0 Å². The van der Waals surface area contributed by atoms with E-state index >= 15 is 0 Å². The number of carbonyl (C=O) groups excluding carboxylic acids is 1. The molecule has 2 rings (SSSR count). The molecule has 0 bridgehead atoms. The molecule has 1 heterocycles. The highest BCUT2D eigenvalue weighted by atomic mass is 79.9. The Balaban J connectivity index is 2.68. The van der Waals surface area contributed by atoms with E-state index in [0.717, 1.165) is 23.0 Å². The summed E-state index contributed by atoms with van der Waals surface area (Å²) in [6.45, 7) is 2.98. The topological polar surface area (TPSA) is 22.0 Å². The van der Waals surface area contributed by atoms with Crippen LogP contribution in [0.1, 0.15) is 12.6 Å². The lowest BCUT2D eigenvalue weighted by atomic mass is 10.2. The van der Waals surface area contributed by atoms with Crippen LogP contribution in [0.5, 0.6) is 0 Å². The van der Waals surface area contributed by atoms with E-state index in [1.807, 2.05) is 6.07 Å². The maximum atomic E-state index is 10.6. The fourth-order valence-electron chi connectivity index (χ4n) is 1.91. The Morgan fingerprint density at radius 1 is 1.40 bits per heavy atom. The highest BCUT2D eigenvalue weighted by Crippen LogP contribution is 2.23. The highest BCUT2D eigenvalue weighted by molar-refractivity contribution is 9.10. The molecule has 15 heavy (non-hydrogen) atoms. The summed E-state index contributed by atoms with van der Waals surface area (Å²) in [5.41, 5.74) is 2.27.